The second kappa shape index (κ2) is 8.24. The summed E-state index contributed by atoms with van der Waals surface area (Å²) in [7, 11) is -8.21. The zero-order valence-electron chi connectivity index (χ0n) is 15.7. The van der Waals surface area contributed by atoms with Crippen molar-refractivity contribution in [3.05, 3.63) is 48.0 Å². The predicted octanol–water partition coefficient (Wildman–Crippen LogP) is 1.42. The Balaban J connectivity index is 1.82. The monoisotopic (exact) mass is 451 g/mol. The van der Waals surface area contributed by atoms with Crippen LogP contribution in [-0.2, 0) is 29.4 Å². The fraction of sp³-hybridized carbons (Fsp3) is 0.167. The van der Waals surface area contributed by atoms with E-state index in [0.29, 0.717) is 0 Å². The molecule has 30 heavy (non-hydrogen) atoms. The number of carbonyl (C=O) groups excluding carboxylic acids is 2. The van der Waals surface area contributed by atoms with Crippen molar-refractivity contribution >= 4 is 49.5 Å². The molecular weight excluding hydrogens is 434 g/mol. The average Bonchev–Trinajstić information content (AvgIpc) is 2.67. The number of amides is 1. The van der Waals surface area contributed by atoms with E-state index in [1.54, 1.807) is 19.1 Å². The van der Waals surface area contributed by atoms with Crippen LogP contribution in [0.1, 0.15) is 17.3 Å². The van der Waals surface area contributed by atoms with Crippen LogP contribution in [-0.4, -0.2) is 47.4 Å². The lowest BCUT2D eigenvalue weighted by Crippen LogP contribution is -2.24. The molecule has 2 aromatic carbocycles. The zero-order chi connectivity index (χ0) is 21.9. The van der Waals surface area contributed by atoms with Crippen molar-refractivity contribution in [2.75, 3.05) is 23.0 Å². The van der Waals surface area contributed by atoms with E-state index in [1.165, 1.54) is 24.3 Å². The van der Waals surface area contributed by atoms with Crippen molar-refractivity contribution in [1.82, 2.24) is 0 Å². The number of esters is 1. The molecule has 10 nitrogen and oxygen atoms in total. The summed E-state index contributed by atoms with van der Waals surface area (Å²) in [5, 5.41) is 4.99. The fourth-order valence-corrected chi connectivity index (χ4v) is 4.89. The Labute approximate surface area is 172 Å². The smallest absolute Gasteiger partial charge is 0.340 e. The number of sulfonamides is 1. The van der Waals surface area contributed by atoms with Crippen LogP contribution < -0.4 is 10.6 Å². The van der Waals surface area contributed by atoms with E-state index in [2.05, 4.69) is 15.0 Å². The van der Waals surface area contributed by atoms with E-state index >= 15 is 0 Å². The van der Waals surface area contributed by atoms with Gasteiger partial charge >= 0.3 is 5.97 Å². The van der Waals surface area contributed by atoms with Crippen LogP contribution in [0.15, 0.2) is 56.7 Å². The van der Waals surface area contributed by atoms with Crippen LogP contribution in [0.5, 0.6) is 0 Å². The van der Waals surface area contributed by atoms with Gasteiger partial charge in [-0.1, -0.05) is 12.1 Å². The number of sulfone groups is 1. The van der Waals surface area contributed by atoms with Crippen molar-refractivity contribution in [2.45, 2.75) is 16.7 Å². The molecular formula is C18H17N3O7S2. The summed E-state index contributed by atoms with van der Waals surface area (Å²) in [6.07, 6.45) is 0.986. The quantitative estimate of drug-likeness (QED) is 0.627. The molecule has 0 saturated heterocycles. The highest BCUT2D eigenvalue weighted by atomic mass is 32.2. The minimum Gasteiger partial charge on any atom is -0.462 e. The average molecular weight is 451 g/mol. The molecule has 0 aliphatic carbocycles. The highest BCUT2D eigenvalue weighted by molar-refractivity contribution is 7.92. The normalized spacial score (nSPS) is 14.3. The Morgan fingerprint density at radius 1 is 1.17 bits per heavy atom. The molecule has 2 aromatic rings. The molecule has 3 rings (SSSR count). The van der Waals surface area contributed by atoms with E-state index in [4.69, 9.17) is 4.74 Å². The van der Waals surface area contributed by atoms with Gasteiger partial charge in [0, 0.05) is 0 Å². The zero-order valence-corrected chi connectivity index (χ0v) is 17.3. The summed E-state index contributed by atoms with van der Waals surface area (Å²) >= 11 is 0. The lowest BCUT2D eigenvalue weighted by atomic mass is 10.2. The number of rotatable bonds is 6. The van der Waals surface area contributed by atoms with Gasteiger partial charge in [0.1, 0.15) is 17.0 Å². The summed E-state index contributed by atoms with van der Waals surface area (Å²) in [5.41, 5.74) is 0.355. The predicted molar refractivity (Wildman–Crippen MR) is 109 cm³/mol. The molecule has 1 heterocycles. The van der Waals surface area contributed by atoms with Gasteiger partial charge in [-0.25, -0.2) is 13.2 Å². The first kappa shape index (κ1) is 21.5. The third-order valence-corrected chi connectivity index (χ3v) is 6.91. The maximum atomic E-state index is 12.6. The summed E-state index contributed by atoms with van der Waals surface area (Å²) in [4.78, 5) is 23.7. The molecule has 1 aliphatic heterocycles. The molecule has 0 spiro atoms. The van der Waals surface area contributed by atoms with Gasteiger partial charge in [0.05, 0.1) is 28.4 Å². The first-order valence-corrected chi connectivity index (χ1v) is 11.7. The third-order valence-electron chi connectivity index (χ3n) is 4.02. The minimum absolute atomic E-state index is 0.0777. The topological polar surface area (TPSA) is 148 Å². The summed E-state index contributed by atoms with van der Waals surface area (Å²) in [5.74, 6) is -2.52. The van der Waals surface area contributed by atoms with Crippen LogP contribution >= 0.6 is 0 Å². The number of fused-ring (bicyclic) bond motifs is 1. The van der Waals surface area contributed by atoms with Crippen molar-refractivity contribution in [1.29, 1.82) is 0 Å². The van der Waals surface area contributed by atoms with Gasteiger partial charge in [0.15, 0.2) is 9.84 Å². The highest BCUT2D eigenvalue weighted by Crippen LogP contribution is 2.29. The Hall–Kier alpha value is -3.25. The largest absolute Gasteiger partial charge is 0.462 e. The first-order valence-electron chi connectivity index (χ1n) is 8.62. The van der Waals surface area contributed by atoms with E-state index in [9.17, 15) is 26.4 Å². The molecule has 0 saturated carbocycles. The molecule has 12 heteroatoms. The van der Waals surface area contributed by atoms with Crippen molar-refractivity contribution < 1.29 is 31.2 Å². The van der Waals surface area contributed by atoms with E-state index < -0.39 is 37.5 Å². The van der Waals surface area contributed by atoms with E-state index in [1.807, 2.05) is 0 Å². The molecule has 0 atom stereocenters. The molecule has 1 aliphatic rings. The Morgan fingerprint density at radius 2 is 1.90 bits per heavy atom. The van der Waals surface area contributed by atoms with Crippen molar-refractivity contribution in [3.8, 4) is 0 Å². The number of para-hydroxylation sites is 1. The molecule has 2 N–H and O–H groups in total. The standard InChI is InChI=1S/C18H17N3O7S2/c1-2-28-18(23)13-5-3-4-6-14(13)21-17(22)10-29(24,25)12-7-8-15-16(9-12)30(26,27)20-11-19-15/h3-9,11H,2,10H2,1H3,(H,19,20)(H,21,22). The van der Waals surface area contributed by atoms with Crippen LogP contribution in [0.4, 0.5) is 11.4 Å². The second-order valence-electron chi connectivity index (χ2n) is 6.09. The third kappa shape index (κ3) is 4.49. The number of carbonyl (C=O) groups is 2. The van der Waals surface area contributed by atoms with Gasteiger partial charge in [-0.2, -0.15) is 8.42 Å². The van der Waals surface area contributed by atoms with Crippen LogP contribution in [0.2, 0.25) is 0 Å². The fourth-order valence-electron chi connectivity index (χ4n) is 2.67. The maximum absolute atomic E-state index is 12.6. The van der Waals surface area contributed by atoms with Crippen molar-refractivity contribution in [3.63, 3.8) is 0 Å². The van der Waals surface area contributed by atoms with Gasteiger partial charge in [-0.3, -0.25) is 4.79 Å². The van der Waals surface area contributed by atoms with E-state index in [0.717, 1.165) is 12.4 Å². The molecule has 0 radical (unpaired) electrons. The molecule has 1 amide bonds. The van der Waals surface area contributed by atoms with Gasteiger partial charge < -0.3 is 15.4 Å². The van der Waals surface area contributed by atoms with E-state index in [-0.39, 0.29) is 33.3 Å². The molecule has 0 fully saturated rings. The summed E-state index contributed by atoms with van der Waals surface area (Å²) < 4.78 is 57.5. The van der Waals surface area contributed by atoms with Gasteiger partial charge in [0.2, 0.25) is 5.91 Å². The second-order valence-corrected chi connectivity index (χ2v) is 9.68. The number of ether oxygens (including phenoxy) is 1. The number of hydrogen-bond acceptors (Lipinski definition) is 8. The van der Waals surface area contributed by atoms with Crippen LogP contribution in [0.25, 0.3) is 0 Å². The molecule has 0 aromatic heterocycles. The lowest BCUT2D eigenvalue weighted by molar-refractivity contribution is -0.113. The Bertz CT molecular complexity index is 1250. The van der Waals surface area contributed by atoms with Crippen molar-refractivity contribution in [2.24, 2.45) is 4.40 Å². The van der Waals surface area contributed by atoms with Gasteiger partial charge in [-0.05, 0) is 37.3 Å². The molecule has 0 bridgehead atoms. The highest BCUT2D eigenvalue weighted by Gasteiger charge is 2.26. The number of nitrogens with one attached hydrogen (secondary N) is 2. The number of nitrogens with zero attached hydrogens (tertiary/aromatic N) is 1. The van der Waals surface area contributed by atoms with Crippen LogP contribution in [0, 0.1) is 0 Å². The summed E-state index contributed by atoms with van der Waals surface area (Å²) in [6.45, 7) is 1.76. The number of anilines is 2. The minimum atomic E-state index is -4.18. The summed E-state index contributed by atoms with van der Waals surface area (Å²) in [6, 6.07) is 9.42. The van der Waals surface area contributed by atoms with Gasteiger partial charge in [0.25, 0.3) is 10.0 Å². The molecule has 0 unspecified atom stereocenters. The van der Waals surface area contributed by atoms with Gasteiger partial charge in [-0.15, -0.1) is 4.40 Å². The number of benzene rings is 2. The Morgan fingerprint density at radius 3 is 2.63 bits per heavy atom. The lowest BCUT2D eigenvalue weighted by Gasteiger charge is -2.14. The van der Waals surface area contributed by atoms with Crippen LogP contribution in [0.3, 0.4) is 0 Å². The number of hydrogen-bond donors (Lipinski definition) is 2. The molecule has 158 valence electrons. The maximum Gasteiger partial charge on any atom is 0.340 e. The Kier molecular flexibility index (Phi) is 5.89. The SMILES string of the molecule is CCOC(=O)c1ccccc1NC(=O)CS(=O)(=O)c1ccc2c(c1)S(=O)(=O)N=CN2. The first-order chi connectivity index (χ1) is 14.1.